The lowest BCUT2D eigenvalue weighted by Crippen LogP contribution is -2.62. The van der Waals surface area contributed by atoms with Crippen LogP contribution in [0.5, 0.6) is 0 Å². The SMILES string of the molecule is O=S(=O)(O[C@H]1O[C@H](COCc2ccccc2)[C@H](OCc2ccccc2)[C@H](OCc2ccccc2)[C@H]1OCc1ccccc1)C(F)(F)F. The van der Waals surface area contributed by atoms with Crippen LogP contribution >= 0.6 is 0 Å². The van der Waals surface area contributed by atoms with Crippen LogP contribution in [-0.4, -0.2) is 51.2 Å². The van der Waals surface area contributed by atoms with E-state index in [1.165, 1.54) is 0 Å². The Morgan fingerprint density at radius 2 is 0.936 bits per heavy atom. The highest BCUT2D eigenvalue weighted by Gasteiger charge is 2.55. The highest BCUT2D eigenvalue weighted by Crippen LogP contribution is 2.35. The van der Waals surface area contributed by atoms with E-state index in [1.54, 1.807) is 30.3 Å². The van der Waals surface area contributed by atoms with Gasteiger partial charge < -0.3 is 23.7 Å². The molecule has 0 spiro atoms. The summed E-state index contributed by atoms with van der Waals surface area (Å²) in [6.07, 6.45) is -6.78. The van der Waals surface area contributed by atoms with Gasteiger partial charge in [0.15, 0.2) is 0 Å². The quantitative estimate of drug-likeness (QED) is 0.104. The fourth-order valence-corrected chi connectivity index (χ4v) is 5.52. The van der Waals surface area contributed by atoms with E-state index in [0.717, 1.165) is 16.7 Å². The van der Waals surface area contributed by atoms with Crippen LogP contribution < -0.4 is 0 Å². The molecule has 0 aromatic heterocycles. The Bertz CT molecular complexity index is 1590. The Kier molecular flexibility index (Phi) is 12.2. The highest BCUT2D eigenvalue weighted by molar-refractivity contribution is 7.87. The van der Waals surface area contributed by atoms with Gasteiger partial charge in [0.1, 0.15) is 24.4 Å². The number of hydrogen-bond acceptors (Lipinski definition) is 8. The summed E-state index contributed by atoms with van der Waals surface area (Å²) in [6, 6.07) is 36.5. The maximum atomic E-state index is 13.6. The lowest BCUT2D eigenvalue weighted by Gasteiger charge is -2.45. The van der Waals surface area contributed by atoms with Gasteiger partial charge in [0.05, 0.1) is 33.0 Å². The normalized spacial score (nSPS) is 21.8. The summed E-state index contributed by atoms with van der Waals surface area (Å²) in [7, 11) is -6.11. The van der Waals surface area contributed by atoms with Gasteiger partial charge >= 0.3 is 15.6 Å². The number of benzene rings is 4. The van der Waals surface area contributed by atoms with Gasteiger partial charge in [-0.25, -0.2) is 4.18 Å². The molecule has 4 aromatic carbocycles. The number of rotatable bonds is 15. The van der Waals surface area contributed by atoms with E-state index in [1.807, 2.05) is 91.0 Å². The Balaban J connectivity index is 1.49. The molecule has 0 saturated carbocycles. The van der Waals surface area contributed by atoms with Crippen molar-refractivity contribution in [3.05, 3.63) is 144 Å². The predicted molar refractivity (Wildman–Crippen MR) is 166 cm³/mol. The second-order valence-corrected chi connectivity index (χ2v) is 12.4. The summed E-state index contributed by atoms with van der Waals surface area (Å²) in [5, 5.41) is 0. The molecule has 1 heterocycles. The van der Waals surface area contributed by atoms with Crippen LogP contribution in [0.15, 0.2) is 121 Å². The molecule has 4 aromatic rings. The number of halogens is 3. The van der Waals surface area contributed by atoms with E-state index in [2.05, 4.69) is 0 Å². The fourth-order valence-electron chi connectivity index (χ4n) is 5.00. The molecular weight excluding hydrogens is 637 g/mol. The second-order valence-electron chi connectivity index (χ2n) is 10.8. The first-order valence-corrected chi connectivity index (χ1v) is 16.3. The van der Waals surface area contributed by atoms with Crippen molar-refractivity contribution in [3.63, 3.8) is 0 Å². The summed E-state index contributed by atoms with van der Waals surface area (Å²) in [6.45, 7) is -0.0311. The molecule has 0 N–H and O–H groups in total. The van der Waals surface area contributed by atoms with E-state index < -0.39 is 46.3 Å². The van der Waals surface area contributed by atoms with Crippen molar-refractivity contribution in [3.8, 4) is 0 Å². The average Bonchev–Trinajstić information content (AvgIpc) is 3.07. The lowest BCUT2D eigenvalue weighted by molar-refractivity contribution is -0.310. The van der Waals surface area contributed by atoms with Gasteiger partial charge in [-0.3, -0.25) is 0 Å². The third-order valence-electron chi connectivity index (χ3n) is 7.35. The molecule has 0 radical (unpaired) electrons. The first-order chi connectivity index (χ1) is 22.7. The lowest BCUT2D eigenvalue weighted by atomic mass is 9.98. The van der Waals surface area contributed by atoms with Crippen molar-refractivity contribution in [2.24, 2.45) is 0 Å². The second kappa shape index (κ2) is 16.5. The van der Waals surface area contributed by atoms with Crippen LogP contribution in [0.25, 0.3) is 0 Å². The third-order valence-corrected chi connectivity index (χ3v) is 8.36. The van der Waals surface area contributed by atoms with Crippen molar-refractivity contribution in [2.45, 2.75) is 62.6 Å². The van der Waals surface area contributed by atoms with Crippen molar-refractivity contribution in [1.82, 2.24) is 0 Å². The van der Waals surface area contributed by atoms with Crippen LogP contribution in [0.4, 0.5) is 13.2 Å². The van der Waals surface area contributed by atoms with Gasteiger partial charge in [0.2, 0.25) is 6.29 Å². The maximum absolute atomic E-state index is 13.6. The van der Waals surface area contributed by atoms with E-state index in [4.69, 9.17) is 27.9 Å². The van der Waals surface area contributed by atoms with Gasteiger partial charge in [-0.05, 0) is 22.3 Å². The van der Waals surface area contributed by atoms with Crippen molar-refractivity contribution in [1.29, 1.82) is 0 Å². The molecule has 8 nitrogen and oxygen atoms in total. The molecule has 0 amide bonds. The van der Waals surface area contributed by atoms with Crippen LogP contribution in [-0.2, 0) is 64.4 Å². The molecule has 5 atom stereocenters. The summed E-state index contributed by atoms with van der Waals surface area (Å²) in [5.41, 5.74) is -2.60. The zero-order valence-corrected chi connectivity index (χ0v) is 26.1. The number of hydrogen-bond donors (Lipinski definition) is 0. The summed E-state index contributed by atoms with van der Waals surface area (Å²) >= 11 is 0. The number of alkyl halides is 3. The molecule has 1 aliphatic heterocycles. The molecule has 47 heavy (non-hydrogen) atoms. The van der Waals surface area contributed by atoms with Gasteiger partial charge in [-0.1, -0.05) is 121 Å². The zero-order chi connectivity index (χ0) is 33.1. The Labute approximate surface area is 272 Å². The number of ether oxygens (including phenoxy) is 5. The highest BCUT2D eigenvalue weighted by atomic mass is 32.2. The molecule has 1 saturated heterocycles. The zero-order valence-electron chi connectivity index (χ0n) is 25.3. The molecule has 250 valence electrons. The molecule has 0 bridgehead atoms. The van der Waals surface area contributed by atoms with Gasteiger partial charge in [0.25, 0.3) is 0 Å². The fraction of sp³-hybridized carbons (Fsp3) is 0.314. The van der Waals surface area contributed by atoms with Gasteiger partial charge in [0, 0.05) is 0 Å². The average molecular weight is 673 g/mol. The van der Waals surface area contributed by atoms with Crippen molar-refractivity contribution in [2.75, 3.05) is 6.61 Å². The van der Waals surface area contributed by atoms with Crippen LogP contribution in [0.2, 0.25) is 0 Å². The summed E-state index contributed by atoms with van der Waals surface area (Å²) in [5.74, 6) is 0. The topological polar surface area (TPSA) is 89.5 Å². The molecule has 5 rings (SSSR count). The summed E-state index contributed by atoms with van der Waals surface area (Å²) in [4.78, 5) is 0. The third kappa shape index (κ3) is 9.94. The minimum atomic E-state index is -6.11. The molecule has 0 aliphatic carbocycles. The minimum absolute atomic E-state index is 0.0121. The Hall–Kier alpha value is -3.62. The monoisotopic (exact) mass is 672 g/mol. The summed E-state index contributed by atoms with van der Waals surface area (Å²) < 4.78 is 101. The molecule has 12 heteroatoms. The first-order valence-electron chi connectivity index (χ1n) is 14.9. The Morgan fingerprint density at radius 3 is 1.36 bits per heavy atom. The predicted octanol–water partition coefficient (Wildman–Crippen LogP) is 6.55. The van der Waals surface area contributed by atoms with Gasteiger partial charge in [-0.15, -0.1) is 0 Å². The van der Waals surface area contributed by atoms with E-state index >= 15 is 0 Å². The smallest absolute Gasteiger partial charge is 0.374 e. The molecule has 0 unspecified atom stereocenters. The first kappa shape index (κ1) is 34.7. The van der Waals surface area contributed by atoms with Gasteiger partial charge in [-0.2, -0.15) is 21.6 Å². The van der Waals surface area contributed by atoms with E-state index in [9.17, 15) is 21.6 Å². The molecule has 1 aliphatic rings. The minimum Gasteiger partial charge on any atom is -0.374 e. The van der Waals surface area contributed by atoms with E-state index in [0.29, 0.717) is 5.56 Å². The molecule has 1 fully saturated rings. The van der Waals surface area contributed by atoms with Crippen molar-refractivity contribution < 1.29 is 49.5 Å². The largest absolute Gasteiger partial charge is 0.523 e. The standard InChI is InChI=1S/C35H35F3O8S/c36-35(37,38)47(39,40)46-34-33(44-24-29-19-11-4-12-20-29)32(43-23-28-17-9-3-10-18-28)31(42-22-27-15-7-2-8-16-27)30(45-34)25-41-21-26-13-5-1-6-14-26/h1-20,30-34H,21-25H2/t30-,31+,32+,33-,34-/m1/s1. The van der Waals surface area contributed by atoms with Crippen LogP contribution in [0.3, 0.4) is 0 Å². The van der Waals surface area contributed by atoms with E-state index in [-0.39, 0.29) is 33.0 Å². The van der Waals surface area contributed by atoms with Crippen LogP contribution in [0, 0.1) is 0 Å². The maximum Gasteiger partial charge on any atom is 0.523 e. The van der Waals surface area contributed by atoms with Crippen molar-refractivity contribution >= 4 is 10.1 Å². The Morgan fingerprint density at radius 1 is 0.553 bits per heavy atom. The molecular formula is C35H35F3O8S. The van der Waals surface area contributed by atoms with Crippen LogP contribution in [0.1, 0.15) is 22.3 Å².